The topological polar surface area (TPSA) is 114 Å². The van der Waals surface area contributed by atoms with E-state index in [-0.39, 0.29) is 30.6 Å². The first kappa shape index (κ1) is 15.1. The average molecular weight is 271 g/mol. The van der Waals surface area contributed by atoms with E-state index in [2.05, 4.69) is 15.3 Å². The van der Waals surface area contributed by atoms with Crippen molar-refractivity contribution < 1.29 is 14.8 Å². The molecule has 9 nitrogen and oxygen atoms in total. The Bertz CT molecular complexity index is 428. The van der Waals surface area contributed by atoms with Gasteiger partial charge in [0, 0.05) is 27.2 Å². The van der Waals surface area contributed by atoms with Crippen LogP contribution in [0.3, 0.4) is 0 Å². The van der Waals surface area contributed by atoms with Gasteiger partial charge in [-0.25, -0.2) is 4.98 Å². The van der Waals surface area contributed by atoms with Crippen molar-refractivity contribution in [1.29, 1.82) is 0 Å². The molecule has 0 aliphatic heterocycles. The normalized spacial score (nSPS) is 10.3. The van der Waals surface area contributed by atoms with Crippen LogP contribution in [0.4, 0.5) is 17.5 Å². The molecule has 0 aliphatic carbocycles. The molecule has 0 fully saturated rings. The first-order chi connectivity index (χ1) is 9.13. The van der Waals surface area contributed by atoms with Gasteiger partial charge in [0.2, 0.25) is 11.8 Å². The van der Waals surface area contributed by atoms with Crippen LogP contribution in [0.25, 0.3) is 0 Å². The van der Waals surface area contributed by atoms with Crippen LogP contribution in [-0.4, -0.2) is 60.5 Å². The summed E-state index contributed by atoms with van der Waals surface area (Å²) in [5.41, 5.74) is -0.205. The molecule has 1 aromatic heterocycles. The van der Waals surface area contributed by atoms with Gasteiger partial charge < -0.3 is 20.1 Å². The van der Waals surface area contributed by atoms with Gasteiger partial charge in [-0.05, 0) is 0 Å². The quantitative estimate of drug-likeness (QED) is 0.496. The molecule has 0 spiro atoms. The van der Waals surface area contributed by atoms with Crippen molar-refractivity contribution in [2.24, 2.45) is 0 Å². The highest BCUT2D eigenvalue weighted by Crippen LogP contribution is 2.25. The summed E-state index contributed by atoms with van der Waals surface area (Å²) in [6.07, 6.45) is 1.14. The smallest absolute Gasteiger partial charge is 0.329 e. The van der Waals surface area contributed by atoms with E-state index in [1.807, 2.05) is 0 Å². The van der Waals surface area contributed by atoms with Crippen molar-refractivity contribution in [1.82, 2.24) is 9.97 Å². The molecule has 0 atom stereocenters. The van der Waals surface area contributed by atoms with Crippen molar-refractivity contribution in [3.8, 4) is 0 Å². The Labute approximate surface area is 110 Å². The molecular weight excluding hydrogens is 254 g/mol. The van der Waals surface area contributed by atoms with E-state index in [0.29, 0.717) is 13.2 Å². The summed E-state index contributed by atoms with van der Waals surface area (Å²) < 4.78 is 4.94. The Morgan fingerprint density at radius 1 is 1.58 bits per heavy atom. The standard InChI is InChI=1S/C10H17N5O4/c1-11-10-12-7-8(15(17)18)9(13-10)14(3-5-16)4-6-19-2/h7,16H,3-6H2,1-2H3,(H,11,12,13). The number of anilines is 2. The second kappa shape index (κ2) is 7.44. The number of ether oxygens (including phenoxy) is 1. The van der Waals surface area contributed by atoms with E-state index in [0.717, 1.165) is 6.20 Å². The number of nitrogens with zero attached hydrogens (tertiary/aromatic N) is 4. The fraction of sp³-hybridized carbons (Fsp3) is 0.600. The third-order valence-electron chi connectivity index (χ3n) is 2.41. The van der Waals surface area contributed by atoms with Crippen LogP contribution in [0.1, 0.15) is 0 Å². The van der Waals surface area contributed by atoms with Crippen LogP contribution in [-0.2, 0) is 4.74 Å². The van der Waals surface area contributed by atoms with Gasteiger partial charge >= 0.3 is 5.69 Å². The second-order valence-electron chi connectivity index (χ2n) is 3.61. The van der Waals surface area contributed by atoms with Crippen molar-refractivity contribution in [3.05, 3.63) is 16.3 Å². The molecule has 1 rings (SSSR count). The summed E-state index contributed by atoms with van der Waals surface area (Å²) in [5.74, 6) is 0.441. The van der Waals surface area contributed by atoms with Gasteiger partial charge in [-0.3, -0.25) is 10.1 Å². The summed E-state index contributed by atoms with van der Waals surface area (Å²) in [6.45, 7) is 0.845. The molecule has 0 amide bonds. The highest BCUT2D eigenvalue weighted by molar-refractivity contribution is 5.58. The number of aliphatic hydroxyl groups is 1. The van der Waals surface area contributed by atoms with Crippen molar-refractivity contribution >= 4 is 17.5 Å². The van der Waals surface area contributed by atoms with Gasteiger partial charge in [-0.15, -0.1) is 0 Å². The largest absolute Gasteiger partial charge is 0.395 e. The molecule has 1 heterocycles. The lowest BCUT2D eigenvalue weighted by atomic mass is 10.4. The summed E-state index contributed by atoms with van der Waals surface area (Å²) in [6, 6.07) is 0. The van der Waals surface area contributed by atoms with Gasteiger partial charge in [-0.2, -0.15) is 4.98 Å². The molecule has 106 valence electrons. The van der Waals surface area contributed by atoms with Crippen molar-refractivity contribution in [2.75, 3.05) is 50.7 Å². The van der Waals surface area contributed by atoms with E-state index in [9.17, 15) is 10.1 Å². The lowest BCUT2D eigenvalue weighted by Crippen LogP contribution is -2.31. The van der Waals surface area contributed by atoms with Gasteiger partial charge in [0.25, 0.3) is 0 Å². The Kier molecular flexibility index (Phi) is 5.90. The van der Waals surface area contributed by atoms with Gasteiger partial charge in [0.1, 0.15) is 6.20 Å². The SMILES string of the molecule is CNc1ncc([N+](=O)[O-])c(N(CCO)CCOC)n1. The highest BCUT2D eigenvalue weighted by Gasteiger charge is 2.22. The summed E-state index contributed by atoms with van der Waals surface area (Å²) in [4.78, 5) is 19.9. The van der Waals surface area contributed by atoms with Gasteiger partial charge in [0.15, 0.2) is 0 Å². The lowest BCUT2D eigenvalue weighted by molar-refractivity contribution is -0.384. The maximum Gasteiger partial charge on any atom is 0.329 e. The molecule has 0 unspecified atom stereocenters. The van der Waals surface area contributed by atoms with E-state index in [1.54, 1.807) is 11.9 Å². The monoisotopic (exact) mass is 271 g/mol. The zero-order chi connectivity index (χ0) is 14.3. The van der Waals surface area contributed by atoms with E-state index in [4.69, 9.17) is 9.84 Å². The number of rotatable bonds is 8. The first-order valence-corrected chi connectivity index (χ1v) is 5.68. The van der Waals surface area contributed by atoms with Gasteiger partial charge in [0.05, 0.1) is 18.1 Å². The summed E-state index contributed by atoms with van der Waals surface area (Å²) >= 11 is 0. The molecule has 9 heteroatoms. The molecule has 2 N–H and O–H groups in total. The number of hydrogen-bond acceptors (Lipinski definition) is 8. The minimum atomic E-state index is -0.550. The van der Waals surface area contributed by atoms with Crippen molar-refractivity contribution in [2.45, 2.75) is 0 Å². The minimum absolute atomic E-state index is 0.139. The summed E-state index contributed by atoms with van der Waals surface area (Å²) in [5, 5.41) is 22.8. The second-order valence-corrected chi connectivity index (χ2v) is 3.61. The number of methoxy groups -OCH3 is 1. The number of aromatic nitrogens is 2. The Morgan fingerprint density at radius 3 is 2.84 bits per heavy atom. The van der Waals surface area contributed by atoms with Gasteiger partial charge in [-0.1, -0.05) is 0 Å². The maximum atomic E-state index is 11.0. The van der Waals surface area contributed by atoms with E-state index >= 15 is 0 Å². The molecule has 0 aliphatic rings. The molecule has 0 saturated carbocycles. The average Bonchev–Trinajstić information content (AvgIpc) is 2.42. The number of nitrogens with one attached hydrogen (secondary N) is 1. The lowest BCUT2D eigenvalue weighted by Gasteiger charge is -2.22. The van der Waals surface area contributed by atoms with E-state index in [1.165, 1.54) is 7.11 Å². The third kappa shape index (κ3) is 4.00. The van der Waals surface area contributed by atoms with Crippen LogP contribution in [0.2, 0.25) is 0 Å². The van der Waals surface area contributed by atoms with Crippen LogP contribution in [0.5, 0.6) is 0 Å². The predicted molar refractivity (Wildman–Crippen MR) is 69.4 cm³/mol. The van der Waals surface area contributed by atoms with Crippen LogP contribution >= 0.6 is 0 Å². The number of hydrogen-bond donors (Lipinski definition) is 2. The van der Waals surface area contributed by atoms with E-state index < -0.39 is 4.92 Å². The molecular formula is C10H17N5O4. The molecule has 0 aromatic carbocycles. The summed E-state index contributed by atoms with van der Waals surface area (Å²) in [7, 11) is 3.15. The highest BCUT2D eigenvalue weighted by atomic mass is 16.6. The minimum Gasteiger partial charge on any atom is -0.395 e. The molecule has 19 heavy (non-hydrogen) atoms. The molecule has 0 bridgehead atoms. The molecule has 0 saturated heterocycles. The number of nitro groups is 1. The van der Waals surface area contributed by atoms with Crippen LogP contribution in [0, 0.1) is 10.1 Å². The zero-order valence-corrected chi connectivity index (χ0v) is 10.9. The van der Waals surface area contributed by atoms with Crippen molar-refractivity contribution in [3.63, 3.8) is 0 Å². The predicted octanol–water partition coefficient (Wildman–Crippen LogP) is -0.128. The Hall–Kier alpha value is -2.00. The van der Waals surface area contributed by atoms with Crippen LogP contribution < -0.4 is 10.2 Å². The fourth-order valence-corrected chi connectivity index (χ4v) is 1.49. The molecule has 1 aromatic rings. The third-order valence-corrected chi connectivity index (χ3v) is 2.41. The Morgan fingerprint density at radius 2 is 2.32 bits per heavy atom. The molecule has 0 radical (unpaired) electrons. The zero-order valence-electron chi connectivity index (χ0n) is 10.9. The number of aliphatic hydroxyl groups excluding tert-OH is 1. The Balaban J connectivity index is 3.12. The fourth-order valence-electron chi connectivity index (χ4n) is 1.49. The maximum absolute atomic E-state index is 11.0. The first-order valence-electron chi connectivity index (χ1n) is 5.68. The van der Waals surface area contributed by atoms with Crippen LogP contribution in [0.15, 0.2) is 6.20 Å².